The van der Waals surface area contributed by atoms with Crippen LogP contribution in [-0.4, -0.2) is 23.3 Å². The first-order chi connectivity index (χ1) is 15.0. The van der Waals surface area contributed by atoms with Crippen LogP contribution in [0.15, 0.2) is 71.9 Å². The summed E-state index contributed by atoms with van der Waals surface area (Å²) < 4.78 is 26.9. The molecule has 0 radical (unpaired) electrons. The van der Waals surface area contributed by atoms with Crippen LogP contribution < -0.4 is 10.2 Å². The Balaban J connectivity index is 1.35. The summed E-state index contributed by atoms with van der Waals surface area (Å²) in [7, 11) is 0. The number of pyridine rings is 1. The molecule has 2 amide bonds. The standard InChI is InChI=1S/C23H19F2N3O2S/c24-16-10-17(25)12-19(11-16)28-9-7-21(23(28)30)22(29)27-18-3-5-20(6-4-18)31-14-15-2-1-8-26-13-15/h1-6,8,10-13,21H,7,9,14H2,(H,27,29). The Hall–Kier alpha value is -3.26. The fourth-order valence-corrected chi connectivity index (χ4v) is 4.22. The summed E-state index contributed by atoms with van der Waals surface area (Å²) in [6.45, 7) is 0.226. The number of benzene rings is 2. The third-order valence-electron chi connectivity index (χ3n) is 4.93. The summed E-state index contributed by atoms with van der Waals surface area (Å²) in [4.78, 5) is 31.6. The van der Waals surface area contributed by atoms with Crippen molar-refractivity contribution in [2.45, 2.75) is 17.1 Å². The van der Waals surface area contributed by atoms with E-state index in [2.05, 4.69) is 10.3 Å². The maximum absolute atomic E-state index is 13.5. The first-order valence-corrected chi connectivity index (χ1v) is 10.7. The number of nitrogens with zero attached hydrogens (tertiary/aromatic N) is 2. The summed E-state index contributed by atoms with van der Waals surface area (Å²) in [6.07, 6.45) is 3.83. The van der Waals surface area contributed by atoms with E-state index in [1.807, 2.05) is 30.5 Å². The van der Waals surface area contributed by atoms with Gasteiger partial charge in [-0.15, -0.1) is 11.8 Å². The average molecular weight is 439 g/mol. The maximum atomic E-state index is 13.5. The lowest BCUT2D eigenvalue weighted by Crippen LogP contribution is -2.33. The van der Waals surface area contributed by atoms with Crippen molar-refractivity contribution in [1.82, 2.24) is 4.98 Å². The van der Waals surface area contributed by atoms with Crippen molar-refractivity contribution in [3.05, 3.63) is 84.2 Å². The predicted octanol–water partition coefficient (Wildman–Crippen LogP) is 4.64. The van der Waals surface area contributed by atoms with E-state index in [0.29, 0.717) is 5.69 Å². The molecule has 158 valence electrons. The molecule has 1 saturated heterocycles. The molecule has 1 aliphatic heterocycles. The lowest BCUT2D eigenvalue weighted by Gasteiger charge is -2.17. The highest BCUT2D eigenvalue weighted by Crippen LogP contribution is 2.28. The second-order valence-electron chi connectivity index (χ2n) is 7.12. The van der Waals surface area contributed by atoms with Gasteiger partial charge in [-0.05, 0) is 54.4 Å². The van der Waals surface area contributed by atoms with Gasteiger partial charge in [0.05, 0.1) is 0 Å². The number of hydrogen-bond donors (Lipinski definition) is 1. The van der Waals surface area contributed by atoms with Crippen LogP contribution in [0.3, 0.4) is 0 Å². The lowest BCUT2D eigenvalue weighted by molar-refractivity contribution is -0.129. The molecule has 1 aliphatic rings. The molecular formula is C23H19F2N3O2S. The highest BCUT2D eigenvalue weighted by atomic mass is 32.2. The van der Waals surface area contributed by atoms with E-state index in [1.165, 1.54) is 4.90 Å². The number of carbonyl (C=O) groups is 2. The fourth-order valence-electron chi connectivity index (χ4n) is 3.39. The number of aromatic nitrogens is 1. The molecule has 1 aromatic heterocycles. The Morgan fingerprint density at radius 3 is 2.55 bits per heavy atom. The molecule has 5 nitrogen and oxygen atoms in total. The number of hydrogen-bond acceptors (Lipinski definition) is 4. The monoisotopic (exact) mass is 439 g/mol. The van der Waals surface area contributed by atoms with Crippen LogP contribution in [-0.2, 0) is 15.3 Å². The van der Waals surface area contributed by atoms with Gasteiger partial charge in [0.15, 0.2) is 0 Å². The molecule has 2 heterocycles. The number of halogens is 2. The second-order valence-corrected chi connectivity index (χ2v) is 8.17. The van der Waals surface area contributed by atoms with Crippen LogP contribution in [0.5, 0.6) is 0 Å². The predicted molar refractivity (Wildman–Crippen MR) is 116 cm³/mol. The zero-order chi connectivity index (χ0) is 21.8. The van der Waals surface area contributed by atoms with Crippen LogP contribution >= 0.6 is 11.8 Å². The minimum atomic E-state index is -0.897. The number of anilines is 2. The van der Waals surface area contributed by atoms with Crippen molar-refractivity contribution in [3.63, 3.8) is 0 Å². The molecule has 1 atom stereocenters. The fraction of sp³-hybridized carbons (Fsp3) is 0.174. The summed E-state index contributed by atoms with van der Waals surface area (Å²) in [5.74, 6) is -2.54. The number of amides is 2. The van der Waals surface area contributed by atoms with E-state index in [9.17, 15) is 18.4 Å². The van der Waals surface area contributed by atoms with Crippen molar-refractivity contribution in [2.24, 2.45) is 5.92 Å². The zero-order valence-corrected chi connectivity index (χ0v) is 17.2. The Kier molecular flexibility index (Phi) is 6.27. The van der Waals surface area contributed by atoms with Crippen molar-refractivity contribution >= 4 is 35.0 Å². The topological polar surface area (TPSA) is 62.3 Å². The summed E-state index contributed by atoms with van der Waals surface area (Å²) in [5.41, 5.74) is 1.82. The van der Waals surface area contributed by atoms with Gasteiger partial charge in [0.2, 0.25) is 11.8 Å². The molecule has 3 aromatic rings. The largest absolute Gasteiger partial charge is 0.325 e. The van der Waals surface area contributed by atoms with Crippen molar-refractivity contribution in [2.75, 3.05) is 16.8 Å². The summed E-state index contributed by atoms with van der Waals surface area (Å²) in [5, 5.41) is 2.76. The molecule has 4 rings (SSSR count). The SMILES string of the molecule is O=C(Nc1ccc(SCc2cccnc2)cc1)C1CCN(c2cc(F)cc(F)c2)C1=O. The minimum Gasteiger partial charge on any atom is -0.325 e. The average Bonchev–Trinajstić information content (AvgIpc) is 3.15. The van der Waals surface area contributed by atoms with Crippen LogP contribution in [0.4, 0.5) is 20.2 Å². The zero-order valence-electron chi connectivity index (χ0n) is 16.4. The Morgan fingerprint density at radius 2 is 1.87 bits per heavy atom. The summed E-state index contributed by atoms with van der Waals surface area (Å²) in [6, 6.07) is 14.2. The van der Waals surface area contributed by atoms with Gasteiger partial charge in [0.1, 0.15) is 17.6 Å². The minimum absolute atomic E-state index is 0.118. The van der Waals surface area contributed by atoms with Crippen LogP contribution in [0.25, 0.3) is 0 Å². The quantitative estimate of drug-likeness (QED) is 0.449. The third-order valence-corrected chi connectivity index (χ3v) is 6.01. The van der Waals surface area contributed by atoms with Gasteiger partial charge < -0.3 is 10.2 Å². The Bertz CT molecular complexity index is 1070. The van der Waals surface area contributed by atoms with Gasteiger partial charge in [0.25, 0.3) is 0 Å². The Morgan fingerprint density at radius 1 is 1.13 bits per heavy atom. The lowest BCUT2D eigenvalue weighted by atomic mass is 10.1. The van der Waals surface area contributed by atoms with E-state index < -0.39 is 29.4 Å². The number of thioether (sulfide) groups is 1. The molecule has 1 N–H and O–H groups in total. The smallest absolute Gasteiger partial charge is 0.239 e. The first kappa shape index (κ1) is 21.0. The Labute approximate surface area is 182 Å². The van der Waals surface area contributed by atoms with Crippen LogP contribution in [0, 0.1) is 17.6 Å². The van der Waals surface area contributed by atoms with Gasteiger partial charge in [-0.3, -0.25) is 14.6 Å². The molecule has 0 spiro atoms. The van der Waals surface area contributed by atoms with Crippen LogP contribution in [0.1, 0.15) is 12.0 Å². The molecule has 0 bridgehead atoms. The van der Waals surface area contributed by atoms with Gasteiger partial charge in [0, 0.05) is 47.0 Å². The van der Waals surface area contributed by atoms with Crippen LogP contribution in [0.2, 0.25) is 0 Å². The van der Waals surface area contributed by atoms with E-state index in [1.54, 1.807) is 30.1 Å². The number of carbonyl (C=O) groups excluding carboxylic acids is 2. The first-order valence-electron chi connectivity index (χ1n) is 9.70. The molecule has 1 fully saturated rings. The van der Waals surface area contributed by atoms with E-state index in [4.69, 9.17) is 0 Å². The van der Waals surface area contributed by atoms with Crippen molar-refractivity contribution in [3.8, 4) is 0 Å². The number of rotatable bonds is 6. The van der Waals surface area contributed by atoms with Gasteiger partial charge in [-0.2, -0.15) is 0 Å². The number of nitrogens with one attached hydrogen (secondary N) is 1. The molecule has 2 aromatic carbocycles. The van der Waals surface area contributed by atoms with E-state index in [-0.39, 0.29) is 18.7 Å². The van der Waals surface area contributed by atoms with Gasteiger partial charge >= 0.3 is 0 Å². The molecular weight excluding hydrogens is 420 g/mol. The van der Waals surface area contributed by atoms with E-state index >= 15 is 0 Å². The van der Waals surface area contributed by atoms with Gasteiger partial charge in [-0.1, -0.05) is 6.07 Å². The highest BCUT2D eigenvalue weighted by molar-refractivity contribution is 7.98. The van der Waals surface area contributed by atoms with Crippen molar-refractivity contribution < 1.29 is 18.4 Å². The molecule has 0 aliphatic carbocycles. The molecule has 31 heavy (non-hydrogen) atoms. The second kappa shape index (κ2) is 9.26. The summed E-state index contributed by atoms with van der Waals surface area (Å²) >= 11 is 1.65. The normalized spacial score (nSPS) is 15.9. The molecule has 1 unspecified atom stereocenters. The molecule has 8 heteroatoms. The maximum Gasteiger partial charge on any atom is 0.239 e. The molecule has 0 saturated carbocycles. The van der Waals surface area contributed by atoms with Crippen molar-refractivity contribution in [1.29, 1.82) is 0 Å². The highest BCUT2D eigenvalue weighted by Gasteiger charge is 2.37. The third kappa shape index (κ3) is 5.08. The van der Waals surface area contributed by atoms with Gasteiger partial charge in [-0.25, -0.2) is 8.78 Å². The van der Waals surface area contributed by atoms with E-state index in [0.717, 1.165) is 34.4 Å².